The van der Waals surface area contributed by atoms with Crippen LogP contribution in [0, 0.1) is 5.92 Å². The van der Waals surface area contributed by atoms with Gasteiger partial charge in [-0.2, -0.15) is 0 Å². The maximum atomic E-state index is 5.30. The molecule has 0 aromatic heterocycles. The molecule has 24 heavy (non-hydrogen) atoms. The highest BCUT2D eigenvalue weighted by Gasteiger charge is 2.24. The van der Waals surface area contributed by atoms with E-state index in [9.17, 15) is 0 Å². The molecule has 0 saturated carbocycles. The summed E-state index contributed by atoms with van der Waals surface area (Å²) in [5.41, 5.74) is 0. The van der Waals surface area contributed by atoms with Gasteiger partial charge < -0.3 is 19.9 Å². The molecule has 0 aromatic carbocycles. The summed E-state index contributed by atoms with van der Waals surface area (Å²) >= 11 is 0. The molecule has 6 heteroatoms. The van der Waals surface area contributed by atoms with Gasteiger partial charge in [0.25, 0.3) is 0 Å². The van der Waals surface area contributed by atoms with Crippen molar-refractivity contribution in [2.45, 2.75) is 45.4 Å². The number of hydrogen-bond acceptors (Lipinski definition) is 3. The van der Waals surface area contributed by atoms with Crippen molar-refractivity contribution in [2.24, 2.45) is 10.9 Å². The number of hydrogen-bond donors (Lipinski definition) is 1. The second-order valence-corrected chi connectivity index (χ2v) is 6.90. The fourth-order valence-electron chi connectivity index (χ4n) is 3.66. The summed E-state index contributed by atoms with van der Waals surface area (Å²) < 4.78 is 5.30. The van der Waals surface area contributed by atoms with Crippen LogP contribution >= 0.6 is 24.0 Å². The van der Waals surface area contributed by atoms with Crippen molar-refractivity contribution in [3.8, 4) is 0 Å². The third-order valence-corrected chi connectivity index (χ3v) is 4.92. The second-order valence-electron chi connectivity index (χ2n) is 6.90. The highest BCUT2D eigenvalue weighted by atomic mass is 127. The maximum Gasteiger partial charge on any atom is 0.193 e. The molecule has 2 aliphatic rings. The molecule has 0 spiro atoms. The van der Waals surface area contributed by atoms with Crippen molar-refractivity contribution < 1.29 is 4.74 Å². The number of likely N-dealkylation sites (tertiary alicyclic amines) is 2. The van der Waals surface area contributed by atoms with Crippen molar-refractivity contribution in [3.63, 3.8) is 0 Å². The average Bonchev–Trinajstić information content (AvgIpc) is 2.86. The monoisotopic (exact) mass is 452 g/mol. The highest BCUT2D eigenvalue weighted by molar-refractivity contribution is 14.0. The first-order chi connectivity index (χ1) is 11.3. The van der Waals surface area contributed by atoms with E-state index in [0.29, 0.717) is 5.92 Å². The highest BCUT2D eigenvalue weighted by Crippen LogP contribution is 2.16. The summed E-state index contributed by atoms with van der Waals surface area (Å²) in [4.78, 5) is 9.89. The first-order valence-electron chi connectivity index (χ1n) is 9.58. The van der Waals surface area contributed by atoms with Crippen molar-refractivity contribution >= 4 is 29.9 Å². The van der Waals surface area contributed by atoms with Crippen molar-refractivity contribution in [1.29, 1.82) is 0 Å². The van der Waals surface area contributed by atoms with Gasteiger partial charge in [0.1, 0.15) is 0 Å². The number of methoxy groups -OCH3 is 1. The van der Waals surface area contributed by atoms with Gasteiger partial charge in [0.15, 0.2) is 5.96 Å². The first kappa shape index (κ1) is 22.0. The molecular formula is C18H37IN4O. The SMILES string of the molecule is CCNC(=NCCCN1CCCCCC1)N1CCC(COC)C1.I. The van der Waals surface area contributed by atoms with Crippen LogP contribution in [0.15, 0.2) is 4.99 Å². The van der Waals surface area contributed by atoms with Crippen LogP contribution in [0.1, 0.15) is 45.4 Å². The minimum Gasteiger partial charge on any atom is -0.384 e. The van der Waals surface area contributed by atoms with Crippen LogP contribution in [0.25, 0.3) is 0 Å². The maximum absolute atomic E-state index is 5.30. The number of aliphatic imine (C=N–C) groups is 1. The quantitative estimate of drug-likeness (QED) is 0.279. The summed E-state index contributed by atoms with van der Waals surface area (Å²) in [7, 11) is 1.80. The Balaban J connectivity index is 0.00000288. The van der Waals surface area contributed by atoms with E-state index >= 15 is 0 Å². The molecular weight excluding hydrogens is 415 g/mol. The lowest BCUT2D eigenvalue weighted by Gasteiger charge is -2.22. The predicted octanol–water partition coefficient (Wildman–Crippen LogP) is 2.80. The minimum atomic E-state index is 0. The first-order valence-corrected chi connectivity index (χ1v) is 9.58. The van der Waals surface area contributed by atoms with Gasteiger partial charge in [0, 0.05) is 39.2 Å². The second kappa shape index (κ2) is 13.2. The van der Waals surface area contributed by atoms with Crippen LogP contribution in [-0.4, -0.2) is 75.3 Å². The van der Waals surface area contributed by atoms with Gasteiger partial charge in [-0.3, -0.25) is 4.99 Å². The summed E-state index contributed by atoms with van der Waals surface area (Å²) in [6.45, 7) is 10.8. The van der Waals surface area contributed by atoms with Gasteiger partial charge in [-0.05, 0) is 52.2 Å². The van der Waals surface area contributed by atoms with Gasteiger partial charge in [-0.25, -0.2) is 0 Å². The summed E-state index contributed by atoms with van der Waals surface area (Å²) in [5.74, 6) is 1.75. The van der Waals surface area contributed by atoms with Crippen LogP contribution in [0.3, 0.4) is 0 Å². The van der Waals surface area contributed by atoms with E-state index in [0.717, 1.165) is 38.7 Å². The molecule has 1 unspecified atom stereocenters. The molecule has 2 fully saturated rings. The number of nitrogens with zero attached hydrogens (tertiary/aromatic N) is 3. The van der Waals surface area contributed by atoms with E-state index in [-0.39, 0.29) is 24.0 Å². The van der Waals surface area contributed by atoms with E-state index in [1.54, 1.807) is 7.11 Å². The van der Waals surface area contributed by atoms with Crippen molar-refractivity contribution in [2.75, 3.05) is 59.5 Å². The molecule has 0 radical (unpaired) electrons. The fraction of sp³-hybridized carbons (Fsp3) is 0.944. The van der Waals surface area contributed by atoms with Gasteiger partial charge in [0.2, 0.25) is 0 Å². The van der Waals surface area contributed by atoms with Gasteiger partial charge >= 0.3 is 0 Å². The zero-order chi connectivity index (χ0) is 16.3. The van der Waals surface area contributed by atoms with E-state index in [2.05, 4.69) is 22.0 Å². The van der Waals surface area contributed by atoms with Crippen LogP contribution in [0.2, 0.25) is 0 Å². The summed E-state index contributed by atoms with van der Waals surface area (Å²) in [6, 6.07) is 0. The van der Waals surface area contributed by atoms with Crippen LogP contribution in [0.5, 0.6) is 0 Å². The molecule has 0 aromatic rings. The largest absolute Gasteiger partial charge is 0.384 e. The Labute approximate surface area is 165 Å². The Morgan fingerprint density at radius 1 is 1.17 bits per heavy atom. The van der Waals surface area contributed by atoms with Gasteiger partial charge in [-0.1, -0.05) is 12.8 Å². The Kier molecular flexibility index (Phi) is 12.0. The third-order valence-electron chi connectivity index (χ3n) is 4.92. The molecule has 2 saturated heterocycles. The number of nitrogens with one attached hydrogen (secondary N) is 1. The van der Waals surface area contributed by atoms with Crippen LogP contribution in [-0.2, 0) is 4.74 Å². The van der Waals surface area contributed by atoms with E-state index in [4.69, 9.17) is 9.73 Å². The van der Waals surface area contributed by atoms with Crippen molar-refractivity contribution in [1.82, 2.24) is 15.1 Å². The average molecular weight is 452 g/mol. The van der Waals surface area contributed by atoms with E-state index in [1.807, 2.05) is 0 Å². The molecule has 142 valence electrons. The van der Waals surface area contributed by atoms with Crippen LogP contribution in [0.4, 0.5) is 0 Å². The Morgan fingerprint density at radius 2 is 1.92 bits per heavy atom. The molecule has 2 aliphatic heterocycles. The lowest BCUT2D eigenvalue weighted by Crippen LogP contribution is -2.40. The van der Waals surface area contributed by atoms with Crippen LogP contribution < -0.4 is 5.32 Å². The Morgan fingerprint density at radius 3 is 2.58 bits per heavy atom. The fourth-order valence-corrected chi connectivity index (χ4v) is 3.66. The van der Waals surface area contributed by atoms with Gasteiger partial charge in [0.05, 0.1) is 6.61 Å². The number of halogens is 1. The molecule has 2 rings (SSSR count). The lowest BCUT2D eigenvalue weighted by molar-refractivity contribution is 0.157. The van der Waals surface area contributed by atoms with E-state index in [1.165, 1.54) is 58.2 Å². The molecule has 0 bridgehead atoms. The third kappa shape index (κ3) is 7.87. The molecule has 1 atom stereocenters. The lowest BCUT2D eigenvalue weighted by atomic mass is 10.1. The normalized spacial score (nSPS) is 23.0. The zero-order valence-electron chi connectivity index (χ0n) is 15.6. The Hall–Kier alpha value is -0.0800. The number of guanidine groups is 1. The molecule has 0 aliphatic carbocycles. The summed E-state index contributed by atoms with van der Waals surface area (Å²) in [6.07, 6.45) is 7.96. The van der Waals surface area contributed by atoms with Crippen molar-refractivity contribution in [3.05, 3.63) is 0 Å². The standard InChI is InChI=1S/C18H36N4O.HI/c1-3-19-18(22-14-9-17(15-22)16-23-2)20-10-8-13-21-11-6-4-5-7-12-21;/h17H,3-16H2,1-2H3,(H,19,20);1H. The number of ether oxygens (including phenoxy) is 1. The molecule has 5 nitrogen and oxygen atoms in total. The summed E-state index contributed by atoms with van der Waals surface area (Å²) in [5, 5.41) is 3.46. The predicted molar refractivity (Wildman–Crippen MR) is 112 cm³/mol. The molecule has 1 N–H and O–H groups in total. The minimum absolute atomic E-state index is 0. The van der Waals surface area contributed by atoms with E-state index < -0.39 is 0 Å². The Bertz CT molecular complexity index is 346. The zero-order valence-corrected chi connectivity index (χ0v) is 18.0. The van der Waals surface area contributed by atoms with Gasteiger partial charge in [-0.15, -0.1) is 24.0 Å². The molecule has 0 amide bonds. The smallest absolute Gasteiger partial charge is 0.193 e. The topological polar surface area (TPSA) is 40.1 Å². The number of rotatable bonds is 7. The molecule has 2 heterocycles.